The average molecular weight is 321 g/mol. The Kier molecular flexibility index (Phi) is 5.80. The van der Waals surface area contributed by atoms with Crippen molar-refractivity contribution in [2.45, 2.75) is 47.1 Å². The van der Waals surface area contributed by atoms with E-state index >= 15 is 0 Å². The number of carbonyl (C=O) groups excluding carboxylic acids is 2. The summed E-state index contributed by atoms with van der Waals surface area (Å²) in [5.74, 6) is 0.556. The first-order valence-corrected chi connectivity index (χ1v) is 8.29. The summed E-state index contributed by atoms with van der Waals surface area (Å²) in [6.45, 7) is 10.0. The molecule has 1 aromatic heterocycles. The molecule has 6 heteroatoms. The van der Waals surface area contributed by atoms with Gasteiger partial charge in [0, 0.05) is 18.8 Å². The lowest BCUT2D eigenvalue weighted by Crippen LogP contribution is -2.44. The standard InChI is InChI=1S/C17H27N3O3/c1-12-7-13(2)10-19(9-12)16(21)11-23-17(22)5-6-20-15(4)8-14(3)18-20/h8,12-13H,5-7,9-11H2,1-4H3. The Balaban J connectivity index is 1.73. The molecule has 6 nitrogen and oxygen atoms in total. The van der Waals surface area contributed by atoms with Gasteiger partial charge in [0.2, 0.25) is 0 Å². The number of aryl methyl sites for hydroxylation is 3. The van der Waals surface area contributed by atoms with E-state index in [0.717, 1.165) is 30.9 Å². The second kappa shape index (κ2) is 7.62. The van der Waals surface area contributed by atoms with Gasteiger partial charge in [-0.05, 0) is 38.2 Å². The molecule has 1 aromatic rings. The van der Waals surface area contributed by atoms with Crippen LogP contribution in [-0.2, 0) is 20.9 Å². The molecule has 0 spiro atoms. The Labute approximate surface area is 137 Å². The van der Waals surface area contributed by atoms with Gasteiger partial charge in [0.05, 0.1) is 18.7 Å². The molecule has 0 N–H and O–H groups in total. The van der Waals surface area contributed by atoms with E-state index in [1.807, 2.05) is 24.8 Å². The number of piperidine rings is 1. The van der Waals surface area contributed by atoms with E-state index in [4.69, 9.17) is 4.74 Å². The monoisotopic (exact) mass is 321 g/mol. The molecule has 0 radical (unpaired) electrons. The predicted octanol–water partition coefficient (Wildman–Crippen LogP) is 1.94. The lowest BCUT2D eigenvalue weighted by atomic mass is 9.92. The Morgan fingerprint density at radius 2 is 1.91 bits per heavy atom. The molecule has 0 saturated carbocycles. The van der Waals surface area contributed by atoms with Crippen LogP contribution in [0.25, 0.3) is 0 Å². The first-order valence-electron chi connectivity index (χ1n) is 8.29. The fourth-order valence-electron chi connectivity index (χ4n) is 3.27. The van der Waals surface area contributed by atoms with Gasteiger partial charge >= 0.3 is 5.97 Å². The number of hydrogen-bond donors (Lipinski definition) is 0. The highest BCUT2D eigenvalue weighted by Crippen LogP contribution is 2.20. The van der Waals surface area contributed by atoms with E-state index in [9.17, 15) is 9.59 Å². The molecule has 2 unspecified atom stereocenters. The number of aromatic nitrogens is 2. The van der Waals surface area contributed by atoms with Gasteiger partial charge in [-0.1, -0.05) is 13.8 Å². The van der Waals surface area contributed by atoms with Crippen molar-refractivity contribution in [1.29, 1.82) is 0 Å². The Hall–Kier alpha value is -1.85. The van der Waals surface area contributed by atoms with E-state index in [2.05, 4.69) is 18.9 Å². The zero-order chi connectivity index (χ0) is 17.0. The van der Waals surface area contributed by atoms with Crippen molar-refractivity contribution in [3.63, 3.8) is 0 Å². The number of nitrogens with zero attached hydrogens (tertiary/aromatic N) is 3. The van der Waals surface area contributed by atoms with E-state index in [-0.39, 0.29) is 24.9 Å². The Morgan fingerprint density at radius 3 is 2.48 bits per heavy atom. The largest absolute Gasteiger partial charge is 0.456 e. The smallest absolute Gasteiger partial charge is 0.308 e. The predicted molar refractivity (Wildman–Crippen MR) is 86.8 cm³/mol. The van der Waals surface area contributed by atoms with Crippen LogP contribution in [0, 0.1) is 25.7 Å². The summed E-state index contributed by atoms with van der Waals surface area (Å²) in [6.07, 6.45) is 1.37. The number of hydrogen-bond acceptors (Lipinski definition) is 4. The van der Waals surface area contributed by atoms with E-state index in [0.29, 0.717) is 18.4 Å². The van der Waals surface area contributed by atoms with Crippen LogP contribution >= 0.6 is 0 Å². The number of esters is 1. The molecule has 1 aliphatic heterocycles. The Morgan fingerprint density at radius 1 is 1.26 bits per heavy atom. The van der Waals surface area contributed by atoms with Crippen LogP contribution in [-0.4, -0.2) is 46.3 Å². The fourth-order valence-corrected chi connectivity index (χ4v) is 3.27. The molecule has 0 aliphatic carbocycles. The van der Waals surface area contributed by atoms with Crippen molar-refractivity contribution in [2.24, 2.45) is 11.8 Å². The molecule has 1 saturated heterocycles. The van der Waals surface area contributed by atoms with Crippen molar-refractivity contribution in [3.8, 4) is 0 Å². The molecule has 1 amide bonds. The van der Waals surface area contributed by atoms with Gasteiger partial charge in [-0.2, -0.15) is 5.10 Å². The number of rotatable bonds is 5. The summed E-state index contributed by atoms with van der Waals surface area (Å²) in [7, 11) is 0. The minimum atomic E-state index is -0.357. The van der Waals surface area contributed by atoms with Crippen molar-refractivity contribution in [3.05, 3.63) is 17.5 Å². The molecular formula is C17H27N3O3. The molecule has 0 bridgehead atoms. The summed E-state index contributed by atoms with van der Waals surface area (Å²) < 4.78 is 6.91. The van der Waals surface area contributed by atoms with Crippen LogP contribution in [0.15, 0.2) is 6.07 Å². The van der Waals surface area contributed by atoms with Gasteiger partial charge in [-0.15, -0.1) is 0 Å². The molecule has 2 atom stereocenters. The van der Waals surface area contributed by atoms with Crippen molar-refractivity contribution in [2.75, 3.05) is 19.7 Å². The minimum Gasteiger partial charge on any atom is -0.456 e. The normalized spacial score (nSPS) is 21.3. The molecule has 128 valence electrons. The highest BCUT2D eigenvalue weighted by Gasteiger charge is 2.25. The third-order valence-electron chi connectivity index (χ3n) is 4.21. The van der Waals surface area contributed by atoms with E-state index in [1.54, 1.807) is 4.68 Å². The lowest BCUT2D eigenvalue weighted by molar-refractivity contribution is -0.153. The lowest BCUT2D eigenvalue weighted by Gasteiger charge is -2.34. The van der Waals surface area contributed by atoms with Gasteiger partial charge in [-0.25, -0.2) is 0 Å². The first-order chi connectivity index (χ1) is 10.8. The Bertz CT molecular complexity index is 557. The van der Waals surface area contributed by atoms with Crippen molar-refractivity contribution in [1.82, 2.24) is 14.7 Å². The van der Waals surface area contributed by atoms with Gasteiger partial charge in [0.1, 0.15) is 0 Å². The number of ether oxygens (including phenoxy) is 1. The number of likely N-dealkylation sites (tertiary alicyclic amines) is 1. The van der Waals surface area contributed by atoms with Crippen LogP contribution in [0.1, 0.15) is 38.1 Å². The minimum absolute atomic E-state index is 0.0946. The molecule has 0 aromatic carbocycles. The van der Waals surface area contributed by atoms with Crippen LogP contribution in [0.3, 0.4) is 0 Å². The van der Waals surface area contributed by atoms with Gasteiger partial charge in [-0.3, -0.25) is 14.3 Å². The second-order valence-electron chi connectivity index (χ2n) is 6.81. The molecule has 1 fully saturated rings. The summed E-state index contributed by atoms with van der Waals surface area (Å²) >= 11 is 0. The quantitative estimate of drug-likeness (QED) is 0.778. The molecular weight excluding hydrogens is 294 g/mol. The van der Waals surface area contributed by atoms with Gasteiger partial charge in [0.25, 0.3) is 5.91 Å². The highest BCUT2D eigenvalue weighted by molar-refractivity contribution is 5.80. The average Bonchev–Trinajstić information content (AvgIpc) is 2.79. The number of amides is 1. The summed E-state index contributed by atoms with van der Waals surface area (Å²) in [4.78, 5) is 25.8. The van der Waals surface area contributed by atoms with Crippen molar-refractivity contribution >= 4 is 11.9 Å². The van der Waals surface area contributed by atoms with Crippen LogP contribution in [0.5, 0.6) is 0 Å². The SMILES string of the molecule is Cc1cc(C)n(CCC(=O)OCC(=O)N2CC(C)CC(C)C2)n1. The fraction of sp³-hybridized carbons (Fsp3) is 0.706. The second-order valence-corrected chi connectivity index (χ2v) is 6.81. The van der Waals surface area contributed by atoms with Crippen molar-refractivity contribution < 1.29 is 14.3 Å². The maximum Gasteiger partial charge on any atom is 0.308 e. The zero-order valence-electron chi connectivity index (χ0n) is 14.5. The van der Waals surface area contributed by atoms with E-state index < -0.39 is 0 Å². The molecule has 2 heterocycles. The van der Waals surface area contributed by atoms with Gasteiger partial charge < -0.3 is 9.64 Å². The maximum absolute atomic E-state index is 12.2. The summed E-state index contributed by atoms with van der Waals surface area (Å²) in [6, 6.07) is 1.97. The van der Waals surface area contributed by atoms with E-state index in [1.165, 1.54) is 0 Å². The maximum atomic E-state index is 12.2. The summed E-state index contributed by atoms with van der Waals surface area (Å²) in [5, 5.41) is 4.30. The molecule has 2 rings (SSSR count). The molecule has 23 heavy (non-hydrogen) atoms. The topological polar surface area (TPSA) is 64.4 Å². The van der Waals surface area contributed by atoms with Crippen LogP contribution in [0.4, 0.5) is 0 Å². The first kappa shape index (κ1) is 17.5. The third kappa shape index (κ3) is 5.08. The zero-order valence-corrected chi connectivity index (χ0v) is 14.5. The van der Waals surface area contributed by atoms with Gasteiger partial charge in [0.15, 0.2) is 6.61 Å². The van der Waals surface area contributed by atoms with Crippen LogP contribution < -0.4 is 0 Å². The summed E-state index contributed by atoms with van der Waals surface area (Å²) in [5.41, 5.74) is 1.95. The molecule has 1 aliphatic rings. The van der Waals surface area contributed by atoms with Crippen LogP contribution in [0.2, 0.25) is 0 Å². The number of carbonyl (C=O) groups is 2. The highest BCUT2D eigenvalue weighted by atomic mass is 16.5. The third-order valence-corrected chi connectivity index (χ3v) is 4.21.